The van der Waals surface area contributed by atoms with Crippen LogP contribution in [0.4, 0.5) is 0 Å². The molecule has 0 fully saturated rings. The van der Waals surface area contributed by atoms with Crippen molar-refractivity contribution in [2.75, 3.05) is 20.8 Å². The molecule has 0 aliphatic rings. The van der Waals surface area contributed by atoms with Crippen molar-refractivity contribution in [1.82, 2.24) is 5.32 Å². The molecule has 0 radical (unpaired) electrons. The molecule has 0 atom stereocenters. The van der Waals surface area contributed by atoms with E-state index in [0.29, 0.717) is 0 Å². The van der Waals surface area contributed by atoms with E-state index in [-0.39, 0.29) is 0 Å². The van der Waals surface area contributed by atoms with Crippen LogP contribution in [0.15, 0.2) is 34.1 Å². The first-order valence-electron chi connectivity index (χ1n) is 6.38. The van der Waals surface area contributed by atoms with E-state index in [1.165, 1.54) is 14.9 Å². The molecule has 2 aromatic rings. The zero-order chi connectivity index (χ0) is 14.4. The Morgan fingerprint density at radius 1 is 1.15 bits per heavy atom. The molecule has 0 bridgehead atoms. The molecule has 0 aliphatic heterocycles. The van der Waals surface area contributed by atoms with E-state index in [4.69, 9.17) is 9.47 Å². The van der Waals surface area contributed by atoms with Gasteiger partial charge in [0.25, 0.3) is 0 Å². The normalized spacial score (nSPS) is 10.6. The predicted octanol–water partition coefficient (Wildman–Crippen LogP) is 3.86. The summed E-state index contributed by atoms with van der Waals surface area (Å²) in [6, 6.07) is 8.13. The van der Waals surface area contributed by atoms with Gasteiger partial charge in [0.05, 0.1) is 14.2 Å². The van der Waals surface area contributed by atoms with Crippen LogP contribution in [-0.2, 0) is 13.0 Å². The zero-order valence-corrected chi connectivity index (χ0v) is 14.0. The van der Waals surface area contributed by atoms with Gasteiger partial charge in [0.2, 0.25) is 0 Å². The quantitative estimate of drug-likeness (QED) is 0.765. The van der Waals surface area contributed by atoms with Gasteiger partial charge in [0.1, 0.15) is 0 Å². The van der Waals surface area contributed by atoms with Gasteiger partial charge in [-0.15, -0.1) is 11.3 Å². The summed E-state index contributed by atoms with van der Waals surface area (Å²) in [5.74, 6) is 1.55. The van der Waals surface area contributed by atoms with Crippen molar-refractivity contribution >= 4 is 27.3 Å². The Hall–Kier alpha value is -1.04. The molecular formula is C15H18BrNO2S. The Bertz CT molecular complexity index is 557. The zero-order valence-electron chi connectivity index (χ0n) is 11.6. The van der Waals surface area contributed by atoms with Crippen LogP contribution in [0.5, 0.6) is 11.5 Å². The van der Waals surface area contributed by atoms with Gasteiger partial charge in [-0.3, -0.25) is 0 Å². The second-order valence-corrected chi connectivity index (χ2v) is 6.16. The first-order valence-corrected chi connectivity index (χ1v) is 8.05. The van der Waals surface area contributed by atoms with Gasteiger partial charge in [-0.1, -0.05) is 6.07 Å². The number of benzene rings is 1. The van der Waals surface area contributed by atoms with Gasteiger partial charge in [-0.25, -0.2) is 0 Å². The van der Waals surface area contributed by atoms with Gasteiger partial charge in [0, 0.05) is 15.9 Å². The van der Waals surface area contributed by atoms with Crippen molar-refractivity contribution in [1.29, 1.82) is 0 Å². The molecule has 2 rings (SSSR count). The molecule has 0 saturated heterocycles. The highest BCUT2D eigenvalue weighted by atomic mass is 79.9. The maximum Gasteiger partial charge on any atom is 0.160 e. The van der Waals surface area contributed by atoms with Crippen LogP contribution in [0.1, 0.15) is 10.4 Å². The molecule has 1 aromatic carbocycles. The van der Waals surface area contributed by atoms with Crippen LogP contribution in [-0.4, -0.2) is 20.8 Å². The third kappa shape index (κ3) is 3.98. The Morgan fingerprint density at radius 2 is 1.95 bits per heavy atom. The molecule has 0 saturated carbocycles. The van der Waals surface area contributed by atoms with Crippen LogP contribution in [0, 0.1) is 0 Å². The number of rotatable bonds is 7. The van der Waals surface area contributed by atoms with Crippen molar-refractivity contribution in [2.45, 2.75) is 13.0 Å². The SMILES string of the molecule is COc1ccc(CCNCc2sccc2Br)cc1OC. The molecule has 0 spiro atoms. The fourth-order valence-electron chi connectivity index (χ4n) is 1.92. The molecule has 0 aliphatic carbocycles. The third-order valence-corrected chi connectivity index (χ3v) is 4.94. The molecule has 1 heterocycles. The monoisotopic (exact) mass is 355 g/mol. The van der Waals surface area contributed by atoms with Gasteiger partial charge >= 0.3 is 0 Å². The molecule has 1 aromatic heterocycles. The van der Waals surface area contributed by atoms with E-state index in [1.54, 1.807) is 25.6 Å². The molecule has 3 nitrogen and oxygen atoms in total. The largest absolute Gasteiger partial charge is 0.493 e. The molecule has 5 heteroatoms. The van der Waals surface area contributed by atoms with Gasteiger partial charge in [0.15, 0.2) is 11.5 Å². The van der Waals surface area contributed by atoms with Crippen LogP contribution in [0.25, 0.3) is 0 Å². The van der Waals surface area contributed by atoms with E-state index in [0.717, 1.165) is 31.0 Å². The Kier molecular flexibility index (Phi) is 5.88. The average molecular weight is 356 g/mol. The lowest BCUT2D eigenvalue weighted by atomic mass is 10.1. The first-order chi connectivity index (χ1) is 9.74. The van der Waals surface area contributed by atoms with E-state index >= 15 is 0 Å². The molecule has 1 N–H and O–H groups in total. The summed E-state index contributed by atoms with van der Waals surface area (Å²) in [4.78, 5) is 1.33. The summed E-state index contributed by atoms with van der Waals surface area (Å²) in [6.45, 7) is 1.82. The minimum Gasteiger partial charge on any atom is -0.493 e. The lowest BCUT2D eigenvalue weighted by Crippen LogP contribution is -2.16. The number of methoxy groups -OCH3 is 2. The van der Waals surface area contributed by atoms with E-state index < -0.39 is 0 Å². The van der Waals surface area contributed by atoms with Crippen LogP contribution in [0.3, 0.4) is 0 Å². The highest BCUT2D eigenvalue weighted by Crippen LogP contribution is 2.27. The van der Waals surface area contributed by atoms with E-state index in [2.05, 4.69) is 38.8 Å². The average Bonchev–Trinajstić information content (AvgIpc) is 2.88. The van der Waals surface area contributed by atoms with Crippen LogP contribution in [0.2, 0.25) is 0 Å². The molecule has 108 valence electrons. The minimum atomic E-state index is 0.770. The van der Waals surface area contributed by atoms with Gasteiger partial charge < -0.3 is 14.8 Å². The summed E-state index contributed by atoms with van der Waals surface area (Å²) in [7, 11) is 3.31. The van der Waals surface area contributed by atoms with Gasteiger partial charge in [-0.2, -0.15) is 0 Å². The summed E-state index contributed by atoms with van der Waals surface area (Å²) < 4.78 is 11.7. The number of thiophene rings is 1. The van der Waals surface area contributed by atoms with E-state index in [1.807, 2.05) is 12.1 Å². The third-order valence-electron chi connectivity index (χ3n) is 3.02. The number of hydrogen-bond donors (Lipinski definition) is 1. The Balaban J connectivity index is 1.83. The second-order valence-electron chi connectivity index (χ2n) is 4.31. The molecular weight excluding hydrogens is 338 g/mol. The minimum absolute atomic E-state index is 0.770. The van der Waals surface area contributed by atoms with Crippen LogP contribution < -0.4 is 14.8 Å². The number of hydrogen-bond acceptors (Lipinski definition) is 4. The second kappa shape index (κ2) is 7.67. The Morgan fingerprint density at radius 3 is 2.60 bits per heavy atom. The summed E-state index contributed by atoms with van der Waals surface area (Å²) in [6.07, 6.45) is 0.962. The standard InChI is InChI=1S/C15H18BrNO2S/c1-18-13-4-3-11(9-14(13)19-2)5-7-17-10-15-12(16)6-8-20-15/h3-4,6,8-9,17H,5,7,10H2,1-2H3. The predicted molar refractivity (Wildman–Crippen MR) is 87.0 cm³/mol. The topological polar surface area (TPSA) is 30.5 Å². The van der Waals surface area contributed by atoms with Gasteiger partial charge in [-0.05, 0) is 58.0 Å². The number of ether oxygens (including phenoxy) is 2. The fraction of sp³-hybridized carbons (Fsp3) is 0.333. The summed E-state index contributed by atoms with van der Waals surface area (Å²) in [5.41, 5.74) is 1.24. The number of nitrogens with one attached hydrogen (secondary N) is 1. The molecule has 0 unspecified atom stereocenters. The lowest BCUT2D eigenvalue weighted by molar-refractivity contribution is 0.354. The molecule has 20 heavy (non-hydrogen) atoms. The van der Waals surface area contributed by atoms with Crippen molar-refractivity contribution in [2.24, 2.45) is 0 Å². The number of halogens is 1. The summed E-state index contributed by atoms with van der Waals surface area (Å²) >= 11 is 5.30. The molecule has 0 amide bonds. The van der Waals surface area contributed by atoms with Crippen molar-refractivity contribution < 1.29 is 9.47 Å². The first kappa shape index (κ1) is 15.4. The fourth-order valence-corrected chi connectivity index (χ4v) is 3.38. The van der Waals surface area contributed by atoms with Crippen molar-refractivity contribution in [3.63, 3.8) is 0 Å². The highest BCUT2D eigenvalue weighted by Gasteiger charge is 2.05. The van der Waals surface area contributed by atoms with Crippen molar-refractivity contribution in [3.05, 3.63) is 44.6 Å². The van der Waals surface area contributed by atoms with E-state index in [9.17, 15) is 0 Å². The smallest absolute Gasteiger partial charge is 0.160 e. The Labute approximate surface area is 132 Å². The van der Waals surface area contributed by atoms with Crippen molar-refractivity contribution in [3.8, 4) is 11.5 Å². The van der Waals surface area contributed by atoms with Crippen LogP contribution >= 0.6 is 27.3 Å². The maximum atomic E-state index is 5.31. The lowest BCUT2D eigenvalue weighted by Gasteiger charge is -2.10. The highest BCUT2D eigenvalue weighted by molar-refractivity contribution is 9.10. The maximum absolute atomic E-state index is 5.31. The summed E-state index contributed by atoms with van der Waals surface area (Å²) in [5, 5.41) is 5.54.